The second kappa shape index (κ2) is 6.54. The summed E-state index contributed by atoms with van der Waals surface area (Å²) < 4.78 is 0. The van der Waals surface area contributed by atoms with Crippen LogP contribution in [0.4, 0.5) is 5.82 Å². The summed E-state index contributed by atoms with van der Waals surface area (Å²) in [7, 11) is 0. The molecular weight excluding hydrogens is 330 g/mol. The molecule has 0 bridgehead atoms. The Morgan fingerprint density at radius 2 is 1.30 bits per heavy atom. The number of nitrogens with one attached hydrogen (secondary N) is 1. The highest BCUT2D eigenvalue weighted by Gasteiger charge is 2.05. The van der Waals surface area contributed by atoms with E-state index in [-0.39, 0.29) is 0 Å². The number of pyridine rings is 1. The maximum atomic E-state index is 4.61. The van der Waals surface area contributed by atoms with Crippen LogP contribution in [0.3, 0.4) is 0 Å². The molecule has 1 N–H and O–H groups in total. The van der Waals surface area contributed by atoms with E-state index in [4.69, 9.17) is 0 Å². The summed E-state index contributed by atoms with van der Waals surface area (Å²) in [6.45, 7) is 0. The fourth-order valence-electron chi connectivity index (χ4n) is 3.48. The number of rotatable bonds is 3. The molecule has 0 saturated heterocycles. The van der Waals surface area contributed by atoms with Gasteiger partial charge < -0.3 is 0 Å². The smallest absolute Gasteiger partial charge is 0.146 e. The molecule has 3 heteroatoms. The van der Waals surface area contributed by atoms with Gasteiger partial charge in [0.15, 0.2) is 0 Å². The molecule has 1 heterocycles. The molecule has 1 aromatic heterocycles. The number of benzene rings is 4. The summed E-state index contributed by atoms with van der Waals surface area (Å²) in [6, 6.07) is 31.1. The number of anilines is 1. The first-order valence-corrected chi connectivity index (χ1v) is 8.94. The van der Waals surface area contributed by atoms with Gasteiger partial charge in [0.25, 0.3) is 0 Å². The molecule has 4 aromatic carbocycles. The normalized spacial score (nSPS) is 11.6. The van der Waals surface area contributed by atoms with Crippen LogP contribution >= 0.6 is 0 Å². The monoisotopic (exact) mass is 347 g/mol. The zero-order valence-electron chi connectivity index (χ0n) is 14.6. The van der Waals surface area contributed by atoms with E-state index in [0.717, 1.165) is 22.3 Å². The Labute approximate surface area is 157 Å². The van der Waals surface area contributed by atoms with Gasteiger partial charge >= 0.3 is 0 Å². The summed E-state index contributed by atoms with van der Waals surface area (Å²) in [5, 5.41) is 10.4. The second-order valence-corrected chi connectivity index (χ2v) is 6.49. The lowest BCUT2D eigenvalue weighted by Gasteiger charge is -2.08. The van der Waals surface area contributed by atoms with Crippen LogP contribution in [0, 0.1) is 0 Å². The third kappa shape index (κ3) is 2.89. The van der Waals surface area contributed by atoms with E-state index in [1.54, 1.807) is 0 Å². The molecule has 0 aliphatic rings. The lowest BCUT2D eigenvalue weighted by Crippen LogP contribution is -1.95. The minimum atomic E-state index is 0.731. The predicted molar refractivity (Wildman–Crippen MR) is 114 cm³/mol. The van der Waals surface area contributed by atoms with Crippen molar-refractivity contribution in [3.63, 3.8) is 0 Å². The highest BCUT2D eigenvalue weighted by atomic mass is 15.3. The lowest BCUT2D eigenvalue weighted by atomic mass is 9.97. The van der Waals surface area contributed by atoms with E-state index >= 15 is 0 Å². The van der Waals surface area contributed by atoms with Gasteiger partial charge in [0.1, 0.15) is 5.82 Å². The zero-order chi connectivity index (χ0) is 18.1. The Bertz CT molecular complexity index is 1250. The molecule has 0 aliphatic heterocycles. The predicted octanol–water partition coefficient (Wildman–Crippen LogP) is 5.99. The highest BCUT2D eigenvalue weighted by molar-refractivity contribution is 6.13. The Hall–Kier alpha value is -3.72. The molecule has 0 saturated carbocycles. The molecule has 5 rings (SSSR count). The molecule has 128 valence electrons. The third-order valence-electron chi connectivity index (χ3n) is 4.78. The minimum absolute atomic E-state index is 0.731. The van der Waals surface area contributed by atoms with Crippen LogP contribution in [0.5, 0.6) is 0 Å². The van der Waals surface area contributed by atoms with E-state index in [0.29, 0.717) is 0 Å². The van der Waals surface area contributed by atoms with Crippen molar-refractivity contribution in [1.29, 1.82) is 0 Å². The quantitative estimate of drug-likeness (QED) is 0.247. The molecule has 3 nitrogen and oxygen atoms in total. The van der Waals surface area contributed by atoms with Crippen molar-refractivity contribution in [3.05, 3.63) is 96.6 Å². The summed E-state index contributed by atoms with van der Waals surface area (Å²) in [5.41, 5.74) is 5.13. The van der Waals surface area contributed by atoms with Gasteiger partial charge in [-0.25, -0.2) is 4.98 Å². The SMILES string of the molecule is C(=N/Nc1ccc2ccccc2n1)/c1c2ccccc2cc2ccccc12. The number of hydrazone groups is 1. The van der Waals surface area contributed by atoms with Gasteiger partial charge in [-0.05, 0) is 45.8 Å². The van der Waals surface area contributed by atoms with Crippen molar-refractivity contribution >= 4 is 44.5 Å². The molecule has 0 aliphatic carbocycles. The minimum Gasteiger partial charge on any atom is -0.261 e. The zero-order valence-corrected chi connectivity index (χ0v) is 14.6. The molecule has 0 spiro atoms. The standard InChI is InChI=1S/C24H17N3/c1-4-10-20-18(8-1)15-19-9-2-5-11-21(19)22(20)16-25-27-24-14-13-17-7-3-6-12-23(17)26-24/h1-16H,(H,26,27)/b25-16-. The summed E-state index contributed by atoms with van der Waals surface area (Å²) in [6.07, 6.45) is 1.89. The van der Waals surface area contributed by atoms with Crippen molar-refractivity contribution in [2.75, 3.05) is 5.43 Å². The number of para-hydroxylation sites is 1. The number of aromatic nitrogens is 1. The van der Waals surface area contributed by atoms with E-state index in [1.165, 1.54) is 21.5 Å². The topological polar surface area (TPSA) is 37.3 Å². The maximum Gasteiger partial charge on any atom is 0.146 e. The van der Waals surface area contributed by atoms with Crippen molar-refractivity contribution in [1.82, 2.24) is 4.98 Å². The summed E-state index contributed by atoms with van der Waals surface area (Å²) in [5.74, 6) is 0.731. The number of hydrogen-bond donors (Lipinski definition) is 1. The van der Waals surface area contributed by atoms with Crippen LogP contribution < -0.4 is 5.43 Å². The Morgan fingerprint density at radius 3 is 2.04 bits per heavy atom. The highest BCUT2D eigenvalue weighted by Crippen LogP contribution is 2.27. The van der Waals surface area contributed by atoms with Crippen molar-refractivity contribution in [2.45, 2.75) is 0 Å². The number of nitrogens with zero attached hydrogens (tertiary/aromatic N) is 2. The number of fused-ring (bicyclic) bond motifs is 3. The van der Waals surface area contributed by atoms with Crippen LogP contribution in [-0.4, -0.2) is 11.2 Å². The molecule has 5 aromatic rings. The number of hydrogen-bond acceptors (Lipinski definition) is 3. The third-order valence-corrected chi connectivity index (χ3v) is 4.78. The largest absolute Gasteiger partial charge is 0.261 e. The second-order valence-electron chi connectivity index (χ2n) is 6.49. The lowest BCUT2D eigenvalue weighted by molar-refractivity contribution is 1.27. The van der Waals surface area contributed by atoms with Crippen molar-refractivity contribution < 1.29 is 0 Å². The van der Waals surface area contributed by atoms with Gasteiger partial charge in [-0.3, -0.25) is 5.43 Å². The molecule has 0 atom stereocenters. The Balaban J connectivity index is 1.56. The Morgan fingerprint density at radius 1 is 0.667 bits per heavy atom. The molecule has 27 heavy (non-hydrogen) atoms. The van der Waals surface area contributed by atoms with Gasteiger partial charge in [-0.2, -0.15) is 5.10 Å². The van der Waals surface area contributed by atoms with Crippen LogP contribution in [0.15, 0.2) is 96.1 Å². The van der Waals surface area contributed by atoms with Crippen molar-refractivity contribution in [2.24, 2.45) is 5.10 Å². The van der Waals surface area contributed by atoms with Crippen LogP contribution in [0.2, 0.25) is 0 Å². The molecule has 0 radical (unpaired) electrons. The van der Waals surface area contributed by atoms with Crippen LogP contribution in [0.25, 0.3) is 32.4 Å². The first-order chi connectivity index (χ1) is 13.4. The van der Waals surface area contributed by atoms with Gasteiger partial charge in [0.05, 0.1) is 11.7 Å². The fourth-order valence-corrected chi connectivity index (χ4v) is 3.48. The Kier molecular flexibility index (Phi) is 3.76. The van der Waals surface area contributed by atoms with Crippen LogP contribution in [-0.2, 0) is 0 Å². The van der Waals surface area contributed by atoms with Gasteiger partial charge in [0, 0.05) is 10.9 Å². The van der Waals surface area contributed by atoms with Crippen LogP contribution in [0.1, 0.15) is 5.56 Å². The molecule has 0 amide bonds. The summed E-state index contributed by atoms with van der Waals surface area (Å²) >= 11 is 0. The average molecular weight is 347 g/mol. The maximum absolute atomic E-state index is 4.61. The van der Waals surface area contributed by atoms with E-state index in [2.05, 4.69) is 76.2 Å². The fraction of sp³-hybridized carbons (Fsp3) is 0. The van der Waals surface area contributed by atoms with E-state index in [9.17, 15) is 0 Å². The average Bonchev–Trinajstić information content (AvgIpc) is 2.73. The van der Waals surface area contributed by atoms with E-state index in [1.807, 2.05) is 36.5 Å². The van der Waals surface area contributed by atoms with Gasteiger partial charge in [-0.15, -0.1) is 0 Å². The molecule has 0 unspecified atom stereocenters. The van der Waals surface area contributed by atoms with Crippen molar-refractivity contribution in [3.8, 4) is 0 Å². The summed E-state index contributed by atoms with van der Waals surface area (Å²) in [4.78, 5) is 4.61. The van der Waals surface area contributed by atoms with E-state index < -0.39 is 0 Å². The first kappa shape index (κ1) is 15.5. The first-order valence-electron chi connectivity index (χ1n) is 8.94. The van der Waals surface area contributed by atoms with Gasteiger partial charge in [0.2, 0.25) is 0 Å². The molecule has 0 fully saturated rings. The molecular formula is C24H17N3. The van der Waals surface area contributed by atoms with Gasteiger partial charge in [-0.1, -0.05) is 66.7 Å².